The van der Waals surface area contributed by atoms with Gasteiger partial charge in [-0.2, -0.15) is 0 Å². The third-order valence-electron chi connectivity index (χ3n) is 4.70. The van der Waals surface area contributed by atoms with Crippen molar-refractivity contribution in [1.82, 2.24) is 0 Å². The Kier molecular flexibility index (Phi) is 5.73. The van der Waals surface area contributed by atoms with Gasteiger partial charge in [0.15, 0.2) is 0 Å². The fourth-order valence-corrected chi connectivity index (χ4v) is 15.2. The number of rotatable bonds is 4. The SMILES string of the molecule is Cc1cc2c(cc1[N+](=O)[O-])[Te](OS(=O)(=O)C(F)(F)F)(C(F)(F)F)c1cc([N+](=O)[O-])c(C)cc1-2. The monoisotopic (exact) mass is 618 g/mol. The third-order valence-corrected chi connectivity index (χ3v) is 16.3. The number of hydrogen-bond acceptors (Lipinski definition) is 7. The average Bonchev–Trinajstić information content (AvgIpc) is 2.88. The van der Waals surface area contributed by atoms with Crippen LogP contribution < -0.4 is 7.22 Å². The Hall–Kier alpha value is -2.48. The standard InChI is InChI=1S/C16H10F6N2O7STe/c1-7-3-9-10-4-8(2)12(24(27)28)6-14(10)33(16(20,21)22,13(9)5-11(7)23(25)26)31-32(29,30)15(17,18)19/h3-6H,1-2H3. The maximum absolute atomic E-state index is 14.5. The first-order valence-corrected chi connectivity index (χ1v) is 14.2. The summed E-state index contributed by atoms with van der Waals surface area (Å²) in [4.78, 5) is 20.5. The van der Waals surface area contributed by atoms with Gasteiger partial charge in [-0.25, -0.2) is 0 Å². The number of nitro groups is 2. The van der Waals surface area contributed by atoms with Gasteiger partial charge >= 0.3 is 185 Å². The van der Waals surface area contributed by atoms with Crippen LogP contribution in [0.25, 0.3) is 11.1 Å². The van der Waals surface area contributed by atoms with Crippen LogP contribution in [0.1, 0.15) is 11.1 Å². The van der Waals surface area contributed by atoms with Crippen LogP contribution in [0.2, 0.25) is 0 Å². The van der Waals surface area contributed by atoms with Crippen LogP contribution >= 0.6 is 0 Å². The van der Waals surface area contributed by atoms with Crippen LogP contribution in [0.3, 0.4) is 0 Å². The van der Waals surface area contributed by atoms with Gasteiger partial charge in [0.05, 0.1) is 0 Å². The summed E-state index contributed by atoms with van der Waals surface area (Å²) in [6.07, 6.45) is 0. The second-order valence-corrected chi connectivity index (χ2v) is 16.4. The van der Waals surface area contributed by atoms with Crippen LogP contribution in [0.4, 0.5) is 37.7 Å². The van der Waals surface area contributed by atoms with E-state index in [0.717, 1.165) is 26.0 Å². The summed E-state index contributed by atoms with van der Waals surface area (Å²) in [5, 5.41) is 22.6. The van der Waals surface area contributed by atoms with Crippen molar-refractivity contribution in [2.24, 2.45) is 0 Å². The number of benzene rings is 2. The minimum atomic E-state index is -7.31. The van der Waals surface area contributed by atoms with Crippen LogP contribution in [-0.2, 0) is 12.7 Å². The summed E-state index contributed by atoms with van der Waals surface area (Å²) < 4.78 is 102. The number of hydrogen-bond donors (Lipinski definition) is 0. The summed E-state index contributed by atoms with van der Waals surface area (Å²) in [6.45, 7) is 2.31. The Morgan fingerprint density at radius 3 is 1.45 bits per heavy atom. The fourth-order valence-electron chi connectivity index (χ4n) is 3.30. The van der Waals surface area contributed by atoms with Crippen molar-refractivity contribution in [3.63, 3.8) is 0 Å². The first-order chi connectivity index (χ1) is 14.8. The number of nitro benzene ring substituents is 2. The van der Waals surface area contributed by atoms with Crippen LogP contribution in [-0.4, -0.2) is 46.6 Å². The van der Waals surface area contributed by atoms with Crippen molar-refractivity contribution in [1.29, 1.82) is 0 Å². The van der Waals surface area contributed by atoms with E-state index in [0.29, 0.717) is 12.1 Å². The van der Waals surface area contributed by atoms with E-state index in [1.807, 2.05) is 0 Å². The summed E-state index contributed by atoms with van der Waals surface area (Å²) in [5.74, 6) is 0. The van der Waals surface area contributed by atoms with Crippen LogP contribution in [0.15, 0.2) is 24.3 Å². The van der Waals surface area contributed by atoms with Crippen molar-refractivity contribution >= 4 is 47.3 Å². The van der Waals surface area contributed by atoms with Crippen molar-refractivity contribution in [3.8, 4) is 11.1 Å². The molecule has 2 aromatic carbocycles. The van der Waals surface area contributed by atoms with Gasteiger partial charge in [0, 0.05) is 0 Å². The molecule has 0 amide bonds. The van der Waals surface area contributed by atoms with E-state index in [4.69, 9.17) is 0 Å². The molecule has 0 radical (unpaired) electrons. The Balaban J connectivity index is 2.57. The molecule has 17 heteroatoms. The molecule has 0 aromatic heterocycles. The average molecular weight is 616 g/mol. The molecule has 0 aliphatic carbocycles. The van der Waals surface area contributed by atoms with E-state index in [2.05, 4.69) is 2.55 Å². The zero-order valence-corrected chi connectivity index (χ0v) is 19.3. The zero-order valence-electron chi connectivity index (χ0n) is 16.1. The molecule has 180 valence electrons. The van der Waals surface area contributed by atoms with Crippen molar-refractivity contribution in [2.45, 2.75) is 23.6 Å². The van der Waals surface area contributed by atoms with Crippen molar-refractivity contribution in [3.05, 3.63) is 55.6 Å². The van der Waals surface area contributed by atoms with E-state index in [1.54, 1.807) is 0 Å². The molecule has 0 N–H and O–H groups in total. The third kappa shape index (κ3) is 3.72. The predicted octanol–water partition coefficient (Wildman–Crippen LogP) is 3.13. The molecule has 9 nitrogen and oxygen atoms in total. The molecule has 1 heterocycles. The Labute approximate surface area is 184 Å². The Bertz CT molecular complexity index is 1250. The summed E-state index contributed by atoms with van der Waals surface area (Å²) in [6, 6.07) is 2.46. The molecule has 0 spiro atoms. The second-order valence-electron chi connectivity index (χ2n) is 6.75. The second kappa shape index (κ2) is 7.52. The molecular weight excluding hydrogens is 606 g/mol. The minimum absolute atomic E-state index is 0.166. The molecule has 0 unspecified atom stereocenters. The number of alkyl halides is 6. The quantitative estimate of drug-likeness (QED) is 0.170. The topological polar surface area (TPSA) is 130 Å². The number of aryl methyl sites for hydroxylation is 2. The van der Waals surface area contributed by atoms with Crippen molar-refractivity contribution in [2.75, 3.05) is 0 Å². The van der Waals surface area contributed by atoms with Crippen LogP contribution in [0.5, 0.6) is 0 Å². The number of nitrogens with zero attached hydrogens (tertiary/aromatic N) is 2. The molecular formula is C16H10F6N2O7STe. The molecule has 0 bridgehead atoms. The van der Waals surface area contributed by atoms with E-state index >= 15 is 0 Å². The number of fused-ring (bicyclic) bond motifs is 3. The molecule has 2 aromatic rings. The van der Waals surface area contributed by atoms with Gasteiger partial charge in [0.1, 0.15) is 0 Å². The molecule has 33 heavy (non-hydrogen) atoms. The van der Waals surface area contributed by atoms with Gasteiger partial charge in [-0.3, -0.25) is 0 Å². The molecule has 3 rings (SSSR count). The summed E-state index contributed by atoms with van der Waals surface area (Å²) >= 11 is -7.31. The van der Waals surface area contributed by atoms with E-state index in [1.165, 1.54) is 0 Å². The molecule has 0 saturated heterocycles. The van der Waals surface area contributed by atoms with Gasteiger partial charge < -0.3 is 0 Å². The molecule has 1 aliphatic rings. The van der Waals surface area contributed by atoms with Gasteiger partial charge in [-0.05, 0) is 0 Å². The van der Waals surface area contributed by atoms with Crippen molar-refractivity contribution < 1.29 is 47.2 Å². The fraction of sp³-hybridized carbons (Fsp3) is 0.250. The summed E-state index contributed by atoms with van der Waals surface area (Å²) in [7, 11) is -6.87. The normalized spacial score (nSPS) is 16.1. The predicted molar refractivity (Wildman–Crippen MR) is 102 cm³/mol. The van der Waals surface area contributed by atoms with E-state index in [9.17, 15) is 55.0 Å². The first kappa shape index (κ1) is 25.1. The molecule has 1 aliphatic heterocycles. The van der Waals surface area contributed by atoms with Gasteiger partial charge in [-0.1, -0.05) is 0 Å². The number of halogens is 6. The zero-order chi connectivity index (χ0) is 25.3. The molecule has 0 atom stereocenters. The van der Waals surface area contributed by atoms with Gasteiger partial charge in [-0.15, -0.1) is 0 Å². The van der Waals surface area contributed by atoms with Crippen LogP contribution in [0, 0.1) is 34.1 Å². The van der Waals surface area contributed by atoms with E-state index in [-0.39, 0.29) is 11.1 Å². The van der Waals surface area contributed by atoms with Gasteiger partial charge in [0.2, 0.25) is 0 Å². The molecule has 0 fully saturated rings. The van der Waals surface area contributed by atoms with E-state index < -0.39 is 78.0 Å². The maximum atomic E-state index is 14.5. The Morgan fingerprint density at radius 2 is 1.18 bits per heavy atom. The van der Waals surface area contributed by atoms with Gasteiger partial charge in [0.25, 0.3) is 0 Å². The Morgan fingerprint density at radius 1 is 0.818 bits per heavy atom. The first-order valence-electron chi connectivity index (χ1n) is 8.35. The molecule has 0 saturated carbocycles. The summed E-state index contributed by atoms with van der Waals surface area (Å²) in [5.41, 5.74) is -9.31.